The van der Waals surface area contributed by atoms with Gasteiger partial charge in [0, 0.05) is 22.0 Å². The lowest BCUT2D eigenvalue weighted by atomic mass is 9.47. The molecule has 120 valence electrons. The molecule has 0 aromatic carbocycles. The molecule has 3 rings (SSSR count). The fourth-order valence-electron chi connectivity index (χ4n) is 4.02. The molecule has 1 saturated carbocycles. The van der Waals surface area contributed by atoms with E-state index in [2.05, 4.69) is 48.0 Å². The van der Waals surface area contributed by atoms with Crippen molar-refractivity contribution < 1.29 is 10.2 Å². The first kappa shape index (κ1) is 16.1. The molecule has 0 saturated heterocycles. The van der Waals surface area contributed by atoms with Gasteiger partial charge in [0.2, 0.25) is 0 Å². The van der Waals surface area contributed by atoms with Crippen LogP contribution in [-0.4, -0.2) is 21.4 Å². The van der Waals surface area contributed by atoms with Crippen molar-refractivity contribution in [2.45, 2.75) is 58.2 Å². The Morgan fingerprint density at radius 3 is 1.57 bits per heavy atom. The van der Waals surface area contributed by atoms with Crippen LogP contribution in [0.4, 0.5) is 0 Å². The van der Waals surface area contributed by atoms with E-state index in [1.165, 1.54) is 0 Å². The van der Waals surface area contributed by atoms with Gasteiger partial charge in [-0.1, -0.05) is 54.4 Å². The molecule has 2 atom stereocenters. The van der Waals surface area contributed by atoms with Crippen LogP contribution >= 0.6 is 0 Å². The lowest BCUT2D eigenvalue weighted by Gasteiger charge is -2.54. The minimum Gasteiger partial charge on any atom is -0.378 e. The molecule has 0 heterocycles. The van der Waals surface area contributed by atoms with Gasteiger partial charge in [-0.3, -0.25) is 0 Å². The van der Waals surface area contributed by atoms with E-state index in [4.69, 9.17) is 0 Å². The van der Waals surface area contributed by atoms with E-state index in [9.17, 15) is 10.2 Å². The Kier molecular flexibility index (Phi) is 3.42. The summed E-state index contributed by atoms with van der Waals surface area (Å²) in [7, 11) is 0. The van der Waals surface area contributed by atoms with Gasteiger partial charge in [0.05, 0.1) is 0 Å². The summed E-state index contributed by atoms with van der Waals surface area (Å²) in [5, 5.41) is 19.9. The molecule has 0 spiro atoms. The van der Waals surface area contributed by atoms with Crippen molar-refractivity contribution in [3.05, 3.63) is 35.5 Å². The van der Waals surface area contributed by atoms with Crippen LogP contribution in [0.2, 0.25) is 0 Å². The van der Waals surface area contributed by atoms with E-state index in [1.54, 1.807) is 27.7 Å². The summed E-state index contributed by atoms with van der Waals surface area (Å²) in [5.41, 5.74) is -0.135. The Labute approximate surface area is 139 Å². The van der Waals surface area contributed by atoms with Crippen LogP contribution in [0.5, 0.6) is 0 Å². The van der Waals surface area contributed by atoms with Crippen molar-refractivity contribution in [3.63, 3.8) is 0 Å². The number of allylic oxidation sites excluding steroid dienone is 6. The molecule has 1 fully saturated rings. The zero-order valence-corrected chi connectivity index (χ0v) is 14.3. The zero-order valence-electron chi connectivity index (χ0n) is 14.3. The Morgan fingerprint density at radius 2 is 1.22 bits per heavy atom. The molecular formula is C21H24O2. The third-order valence-electron chi connectivity index (χ3n) is 4.94. The molecule has 0 radical (unpaired) electrons. The Morgan fingerprint density at radius 1 is 0.826 bits per heavy atom. The van der Waals surface area contributed by atoms with Gasteiger partial charge in [0.25, 0.3) is 0 Å². The molecule has 0 aromatic rings. The topological polar surface area (TPSA) is 40.5 Å². The van der Waals surface area contributed by atoms with Gasteiger partial charge in [0.1, 0.15) is 11.2 Å². The van der Waals surface area contributed by atoms with Gasteiger partial charge >= 0.3 is 0 Å². The Hall–Kier alpha value is -1.74. The summed E-state index contributed by atoms with van der Waals surface area (Å²) in [6.45, 7) is 6.77. The van der Waals surface area contributed by atoms with E-state index in [1.807, 2.05) is 0 Å². The second-order valence-corrected chi connectivity index (χ2v) is 7.88. The fourth-order valence-corrected chi connectivity index (χ4v) is 4.02. The summed E-state index contributed by atoms with van der Waals surface area (Å²) in [6, 6.07) is 0. The third kappa shape index (κ3) is 2.47. The maximum Gasteiger partial charge on any atom is 0.120 e. The molecule has 2 heteroatoms. The highest BCUT2D eigenvalue weighted by molar-refractivity contribution is 5.68. The van der Waals surface area contributed by atoms with Crippen molar-refractivity contribution >= 4 is 0 Å². The largest absolute Gasteiger partial charge is 0.378 e. The van der Waals surface area contributed by atoms with Gasteiger partial charge in [-0.2, -0.15) is 0 Å². The number of aliphatic hydroxyl groups is 2. The van der Waals surface area contributed by atoms with Crippen molar-refractivity contribution in [1.82, 2.24) is 0 Å². The average Bonchev–Trinajstić information content (AvgIpc) is 2.74. The monoisotopic (exact) mass is 308 g/mol. The van der Waals surface area contributed by atoms with Crippen LogP contribution in [0.25, 0.3) is 0 Å². The molecule has 23 heavy (non-hydrogen) atoms. The molecule has 3 aliphatic rings. The van der Waals surface area contributed by atoms with Gasteiger partial charge in [-0.25, -0.2) is 0 Å². The quantitative estimate of drug-likeness (QED) is 0.675. The minimum absolute atomic E-state index is 0.0659. The molecule has 0 bridgehead atoms. The highest BCUT2D eigenvalue weighted by Crippen LogP contribution is 2.71. The number of hydrogen-bond acceptors (Lipinski definition) is 2. The molecule has 0 aromatic heterocycles. The molecule has 0 aliphatic heterocycles. The second kappa shape index (κ2) is 4.88. The zero-order chi connectivity index (χ0) is 16.9. The van der Waals surface area contributed by atoms with E-state index < -0.39 is 11.2 Å². The third-order valence-corrected chi connectivity index (χ3v) is 4.94. The van der Waals surface area contributed by atoms with Crippen LogP contribution < -0.4 is 0 Å². The predicted molar refractivity (Wildman–Crippen MR) is 92.2 cm³/mol. The van der Waals surface area contributed by atoms with E-state index >= 15 is 0 Å². The number of hydrogen-bond donors (Lipinski definition) is 2. The van der Waals surface area contributed by atoms with Gasteiger partial charge in [-0.05, 0) is 40.5 Å². The first-order chi connectivity index (χ1) is 10.6. The van der Waals surface area contributed by atoms with Crippen molar-refractivity contribution in [3.8, 4) is 23.7 Å². The number of rotatable bonds is 0. The lowest BCUT2D eigenvalue weighted by Crippen LogP contribution is -2.48. The van der Waals surface area contributed by atoms with Crippen LogP contribution in [0, 0.1) is 34.5 Å². The van der Waals surface area contributed by atoms with Crippen molar-refractivity contribution in [1.29, 1.82) is 0 Å². The minimum atomic E-state index is -1.02. The van der Waals surface area contributed by atoms with Crippen LogP contribution in [0.3, 0.4) is 0 Å². The van der Waals surface area contributed by atoms with Gasteiger partial charge in [0.15, 0.2) is 0 Å². The summed E-state index contributed by atoms with van der Waals surface area (Å²) < 4.78 is 0. The average molecular weight is 308 g/mol. The molecule has 0 amide bonds. The first-order valence-corrected chi connectivity index (χ1v) is 8.23. The van der Waals surface area contributed by atoms with Crippen molar-refractivity contribution in [2.24, 2.45) is 10.8 Å². The maximum absolute atomic E-state index is 9.96. The molecule has 3 aliphatic carbocycles. The molecule has 2 unspecified atom stereocenters. The highest BCUT2D eigenvalue weighted by Gasteiger charge is 2.64. The fraction of sp³-hybridized carbons (Fsp3) is 0.524. The SMILES string of the molecule is CC(C)(O)C#CC1=C(C#CC(C)(C)O)C23C=CC=CC12CCC3. The normalized spacial score (nSPS) is 31.4. The molecule has 2 nitrogen and oxygen atoms in total. The summed E-state index contributed by atoms with van der Waals surface area (Å²) in [6.07, 6.45) is 12.0. The van der Waals surface area contributed by atoms with Crippen molar-refractivity contribution in [2.75, 3.05) is 0 Å². The van der Waals surface area contributed by atoms with Crippen LogP contribution in [0.15, 0.2) is 35.5 Å². The molecule has 2 N–H and O–H groups in total. The second-order valence-electron chi connectivity index (χ2n) is 7.88. The Balaban J connectivity index is 2.17. The summed E-state index contributed by atoms with van der Waals surface area (Å²) in [4.78, 5) is 0. The Bertz CT molecular complexity index is 680. The highest BCUT2D eigenvalue weighted by atomic mass is 16.3. The lowest BCUT2D eigenvalue weighted by molar-refractivity contribution is 0.142. The molecular weight excluding hydrogens is 284 g/mol. The summed E-state index contributed by atoms with van der Waals surface area (Å²) >= 11 is 0. The van der Waals surface area contributed by atoms with E-state index in [0.717, 1.165) is 30.4 Å². The standard InChI is InChI=1S/C21H24O2/c1-18(2,22)14-8-16-17(9-15-19(3,4)23)21-11-6-5-10-20(16,21)12-7-13-21/h5-6,10-11,22-23H,7,12-13H2,1-4H3. The van der Waals surface area contributed by atoms with E-state index in [0.29, 0.717) is 0 Å². The maximum atomic E-state index is 9.96. The first-order valence-electron chi connectivity index (χ1n) is 8.23. The van der Waals surface area contributed by atoms with Crippen LogP contribution in [-0.2, 0) is 0 Å². The summed E-state index contributed by atoms with van der Waals surface area (Å²) in [5.74, 6) is 12.3. The smallest absolute Gasteiger partial charge is 0.120 e. The predicted octanol–water partition coefficient (Wildman–Crippen LogP) is 3.13. The van der Waals surface area contributed by atoms with Gasteiger partial charge < -0.3 is 10.2 Å². The van der Waals surface area contributed by atoms with Crippen LogP contribution in [0.1, 0.15) is 47.0 Å². The van der Waals surface area contributed by atoms with E-state index in [-0.39, 0.29) is 10.8 Å². The van der Waals surface area contributed by atoms with Gasteiger partial charge in [-0.15, -0.1) is 0 Å².